The lowest BCUT2D eigenvalue weighted by atomic mass is 9.97. The van der Waals surface area contributed by atoms with Crippen molar-refractivity contribution < 1.29 is 14.6 Å². The average Bonchev–Trinajstić information content (AvgIpc) is 2.54. The molecule has 0 saturated carbocycles. The molecule has 1 aromatic rings. The Hall–Kier alpha value is -1.59. The zero-order valence-corrected chi connectivity index (χ0v) is 13.3. The lowest BCUT2D eigenvalue weighted by molar-refractivity contribution is 0.0848. The third-order valence-corrected chi connectivity index (χ3v) is 4.07. The van der Waals surface area contributed by atoms with Crippen molar-refractivity contribution >= 4 is 6.09 Å². The smallest absolute Gasteiger partial charge is 0.409 e. The number of amides is 1. The summed E-state index contributed by atoms with van der Waals surface area (Å²) in [5.41, 5.74) is 0.996. The van der Waals surface area contributed by atoms with E-state index in [-0.39, 0.29) is 12.7 Å². The van der Waals surface area contributed by atoms with Crippen molar-refractivity contribution in [3.05, 3.63) is 35.9 Å². The summed E-state index contributed by atoms with van der Waals surface area (Å²) in [7, 11) is 1.79. The maximum atomic E-state index is 12.0. The van der Waals surface area contributed by atoms with Crippen LogP contribution >= 0.6 is 0 Å². The summed E-state index contributed by atoms with van der Waals surface area (Å²) >= 11 is 0. The molecule has 0 spiro atoms. The van der Waals surface area contributed by atoms with Crippen LogP contribution in [0, 0.1) is 5.92 Å². The molecule has 1 N–H and O–H groups in total. The number of carbonyl (C=O) groups is 1. The fourth-order valence-corrected chi connectivity index (χ4v) is 2.94. The van der Waals surface area contributed by atoms with Crippen molar-refractivity contribution in [2.45, 2.75) is 19.4 Å². The minimum absolute atomic E-state index is 0.196. The lowest BCUT2D eigenvalue weighted by Gasteiger charge is -2.34. The van der Waals surface area contributed by atoms with Crippen LogP contribution in [0.5, 0.6) is 0 Å². The zero-order chi connectivity index (χ0) is 15.8. The number of aliphatic hydroxyl groups excluding tert-OH is 1. The van der Waals surface area contributed by atoms with Gasteiger partial charge in [0.05, 0.1) is 6.61 Å². The Labute approximate surface area is 132 Å². The second-order valence-corrected chi connectivity index (χ2v) is 5.95. The van der Waals surface area contributed by atoms with Crippen molar-refractivity contribution in [3.8, 4) is 0 Å². The van der Waals surface area contributed by atoms with E-state index >= 15 is 0 Å². The van der Waals surface area contributed by atoms with Crippen LogP contribution in [0.4, 0.5) is 4.79 Å². The van der Waals surface area contributed by atoms with Crippen molar-refractivity contribution in [1.82, 2.24) is 9.80 Å². The number of aliphatic hydroxyl groups is 1. The normalized spacial score (nSPS) is 18.9. The van der Waals surface area contributed by atoms with Crippen molar-refractivity contribution in [3.63, 3.8) is 0 Å². The lowest BCUT2D eigenvalue weighted by Crippen LogP contribution is -2.42. The van der Waals surface area contributed by atoms with Crippen LogP contribution in [0.2, 0.25) is 0 Å². The Bertz CT molecular complexity index is 450. The van der Waals surface area contributed by atoms with E-state index in [0.717, 1.165) is 38.0 Å². The molecular weight excluding hydrogens is 280 g/mol. The van der Waals surface area contributed by atoms with E-state index in [2.05, 4.69) is 4.90 Å². The third kappa shape index (κ3) is 5.31. The highest BCUT2D eigenvalue weighted by Gasteiger charge is 2.22. The Morgan fingerprint density at radius 1 is 1.41 bits per heavy atom. The molecule has 22 heavy (non-hydrogen) atoms. The van der Waals surface area contributed by atoms with E-state index < -0.39 is 0 Å². The van der Waals surface area contributed by atoms with Crippen molar-refractivity contribution in [2.75, 3.05) is 39.8 Å². The molecule has 122 valence electrons. The van der Waals surface area contributed by atoms with Gasteiger partial charge in [-0.1, -0.05) is 30.3 Å². The number of β-amino-alcohol motifs (C(OH)–C–C–N with tert-alkyl or cyclic N) is 1. The molecular formula is C17H26N2O3. The van der Waals surface area contributed by atoms with Crippen molar-refractivity contribution in [2.24, 2.45) is 5.92 Å². The summed E-state index contributed by atoms with van der Waals surface area (Å²) in [5.74, 6) is 0.453. The number of likely N-dealkylation sites (tertiary alicyclic amines) is 1. The SMILES string of the molecule is CN(C[C@H]1CCCN(CCO)C1)C(=O)OCc1ccccc1. The molecule has 0 radical (unpaired) electrons. The predicted octanol–water partition coefficient (Wildman–Crippen LogP) is 1.96. The van der Waals surface area contributed by atoms with Crippen LogP contribution in [0.15, 0.2) is 30.3 Å². The summed E-state index contributed by atoms with van der Waals surface area (Å²) in [6.07, 6.45) is 1.97. The molecule has 1 heterocycles. The number of hydrogen-bond donors (Lipinski definition) is 1. The molecule has 1 atom stereocenters. The number of rotatable bonds is 6. The molecule has 5 heteroatoms. The molecule has 1 aromatic carbocycles. The van der Waals surface area contributed by atoms with Crippen LogP contribution in [0.25, 0.3) is 0 Å². The number of piperidine rings is 1. The molecule has 1 aliphatic rings. The van der Waals surface area contributed by atoms with E-state index in [1.807, 2.05) is 30.3 Å². The van der Waals surface area contributed by atoms with Gasteiger partial charge in [-0.15, -0.1) is 0 Å². The third-order valence-electron chi connectivity index (χ3n) is 4.07. The Morgan fingerprint density at radius 3 is 2.91 bits per heavy atom. The first-order valence-electron chi connectivity index (χ1n) is 7.94. The maximum absolute atomic E-state index is 12.0. The van der Waals surface area contributed by atoms with Gasteiger partial charge in [0.2, 0.25) is 0 Å². The Kier molecular flexibility index (Phi) is 6.68. The van der Waals surface area contributed by atoms with Crippen LogP contribution < -0.4 is 0 Å². The fourth-order valence-electron chi connectivity index (χ4n) is 2.94. The standard InChI is InChI=1S/C17H26N2O3/c1-18(12-16-8-5-9-19(13-16)10-11-20)17(21)22-14-15-6-3-2-4-7-15/h2-4,6-7,16,20H,5,8-14H2,1H3/t16-/m1/s1. The fraction of sp³-hybridized carbons (Fsp3) is 0.588. The van der Waals surface area contributed by atoms with Gasteiger partial charge in [-0.2, -0.15) is 0 Å². The first kappa shape index (κ1) is 16.8. The van der Waals surface area contributed by atoms with Gasteiger partial charge in [0, 0.05) is 26.7 Å². The highest BCUT2D eigenvalue weighted by Crippen LogP contribution is 2.17. The number of carbonyl (C=O) groups excluding carboxylic acids is 1. The summed E-state index contributed by atoms with van der Waals surface area (Å²) in [6.45, 7) is 3.91. The molecule has 1 aliphatic heterocycles. The number of hydrogen-bond acceptors (Lipinski definition) is 4. The van der Waals surface area contributed by atoms with E-state index in [0.29, 0.717) is 19.1 Å². The van der Waals surface area contributed by atoms with Crippen LogP contribution in [0.3, 0.4) is 0 Å². The van der Waals surface area contributed by atoms with Gasteiger partial charge in [0.25, 0.3) is 0 Å². The number of nitrogens with zero attached hydrogens (tertiary/aromatic N) is 2. The molecule has 5 nitrogen and oxygen atoms in total. The predicted molar refractivity (Wildman–Crippen MR) is 85.5 cm³/mol. The Morgan fingerprint density at radius 2 is 2.18 bits per heavy atom. The monoisotopic (exact) mass is 306 g/mol. The van der Waals surface area contributed by atoms with Gasteiger partial charge in [-0.25, -0.2) is 4.79 Å². The van der Waals surface area contributed by atoms with Crippen molar-refractivity contribution in [1.29, 1.82) is 0 Å². The first-order chi connectivity index (χ1) is 10.7. The summed E-state index contributed by atoms with van der Waals surface area (Å²) in [5, 5.41) is 9.03. The van der Waals surface area contributed by atoms with Gasteiger partial charge in [0.15, 0.2) is 0 Å². The van der Waals surface area contributed by atoms with Gasteiger partial charge in [-0.05, 0) is 30.9 Å². The summed E-state index contributed by atoms with van der Waals surface area (Å²) < 4.78 is 5.34. The minimum atomic E-state index is -0.275. The van der Waals surface area contributed by atoms with Gasteiger partial charge < -0.3 is 19.6 Å². The largest absolute Gasteiger partial charge is 0.445 e. The second kappa shape index (κ2) is 8.76. The average molecular weight is 306 g/mol. The minimum Gasteiger partial charge on any atom is -0.445 e. The highest BCUT2D eigenvalue weighted by atomic mass is 16.6. The quantitative estimate of drug-likeness (QED) is 0.873. The highest BCUT2D eigenvalue weighted by molar-refractivity contribution is 5.67. The van der Waals surface area contributed by atoms with E-state index in [9.17, 15) is 4.79 Å². The van der Waals surface area contributed by atoms with E-state index in [4.69, 9.17) is 9.84 Å². The summed E-state index contributed by atoms with van der Waals surface area (Å²) in [4.78, 5) is 16.0. The number of benzene rings is 1. The molecule has 0 bridgehead atoms. The topological polar surface area (TPSA) is 53.0 Å². The summed E-state index contributed by atoms with van der Waals surface area (Å²) in [6, 6.07) is 9.70. The number of ether oxygens (including phenoxy) is 1. The van der Waals surface area contributed by atoms with Gasteiger partial charge in [0.1, 0.15) is 6.61 Å². The second-order valence-electron chi connectivity index (χ2n) is 5.95. The molecule has 0 unspecified atom stereocenters. The molecule has 1 fully saturated rings. The Balaban J connectivity index is 1.73. The molecule has 2 rings (SSSR count). The molecule has 1 amide bonds. The maximum Gasteiger partial charge on any atom is 0.409 e. The first-order valence-corrected chi connectivity index (χ1v) is 7.94. The van der Waals surface area contributed by atoms with Gasteiger partial charge >= 0.3 is 6.09 Å². The zero-order valence-electron chi connectivity index (χ0n) is 13.3. The van der Waals surface area contributed by atoms with Gasteiger partial charge in [-0.3, -0.25) is 0 Å². The van der Waals surface area contributed by atoms with Crippen LogP contribution in [-0.2, 0) is 11.3 Å². The van der Waals surface area contributed by atoms with E-state index in [1.165, 1.54) is 0 Å². The van der Waals surface area contributed by atoms with E-state index in [1.54, 1.807) is 11.9 Å². The molecule has 0 aromatic heterocycles. The molecule has 0 aliphatic carbocycles. The molecule has 1 saturated heterocycles. The van der Waals surface area contributed by atoms with Crippen LogP contribution in [0.1, 0.15) is 18.4 Å². The van der Waals surface area contributed by atoms with Crippen LogP contribution in [-0.4, -0.2) is 60.8 Å².